The Morgan fingerprint density at radius 1 is 0.341 bits per heavy atom. The van der Waals surface area contributed by atoms with Gasteiger partial charge >= 0.3 is 0 Å². The molecule has 0 aliphatic rings. The lowest BCUT2D eigenvalue weighted by atomic mass is 9.83. The molecule has 1 heteroatoms. The van der Waals surface area contributed by atoms with E-state index in [1.54, 1.807) is 0 Å². The zero-order valence-corrected chi connectivity index (χ0v) is 22.3. The summed E-state index contributed by atoms with van der Waals surface area (Å²) in [4.78, 5) is 0. The summed E-state index contributed by atoms with van der Waals surface area (Å²) < 4.78 is 6.52. The minimum absolute atomic E-state index is 0.934. The molecular weight excluding hydrogens is 496 g/mol. The van der Waals surface area contributed by atoms with Gasteiger partial charge < -0.3 is 4.42 Å². The third-order valence-corrected chi connectivity index (χ3v) is 8.59. The predicted octanol–water partition coefficient (Wildman–Crippen LogP) is 11.5. The third kappa shape index (κ3) is 3.24. The number of rotatable bonds is 3. The summed E-state index contributed by atoms with van der Waals surface area (Å²) >= 11 is 0. The van der Waals surface area contributed by atoms with Crippen LogP contribution in [0.4, 0.5) is 0 Å². The molecule has 0 fully saturated rings. The van der Waals surface area contributed by atoms with Crippen LogP contribution in [0, 0.1) is 0 Å². The van der Waals surface area contributed by atoms with Gasteiger partial charge in [0.1, 0.15) is 11.2 Å². The molecule has 190 valence electrons. The molecule has 1 heterocycles. The minimum atomic E-state index is 0.934. The highest BCUT2D eigenvalue weighted by molar-refractivity contribution is 6.30. The van der Waals surface area contributed by atoms with Crippen molar-refractivity contribution in [3.63, 3.8) is 0 Å². The molecular formula is C40H24O. The van der Waals surface area contributed by atoms with Gasteiger partial charge in [-0.1, -0.05) is 121 Å². The molecule has 0 amide bonds. The highest BCUT2D eigenvalue weighted by Crippen LogP contribution is 2.49. The second-order valence-corrected chi connectivity index (χ2v) is 10.9. The zero-order valence-electron chi connectivity index (χ0n) is 22.3. The Kier molecular flexibility index (Phi) is 4.67. The fourth-order valence-corrected chi connectivity index (χ4v) is 6.88. The van der Waals surface area contributed by atoms with Crippen LogP contribution < -0.4 is 0 Å². The maximum atomic E-state index is 6.52. The molecule has 0 atom stereocenters. The molecule has 9 rings (SSSR count). The van der Waals surface area contributed by atoms with Gasteiger partial charge in [0.05, 0.1) is 0 Å². The van der Waals surface area contributed by atoms with Crippen LogP contribution in [0.1, 0.15) is 0 Å². The summed E-state index contributed by atoms with van der Waals surface area (Å²) in [5.41, 5.74) is 9.25. The van der Waals surface area contributed by atoms with E-state index in [9.17, 15) is 0 Å². The van der Waals surface area contributed by atoms with Crippen molar-refractivity contribution in [1.82, 2.24) is 0 Å². The quantitative estimate of drug-likeness (QED) is 0.167. The molecule has 41 heavy (non-hydrogen) atoms. The first kappa shape index (κ1) is 22.4. The number of hydrogen-bond acceptors (Lipinski definition) is 1. The van der Waals surface area contributed by atoms with Crippen molar-refractivity contribution < 1.29 is 4.42 Å². The standard InChI is InChI=1S/C40H24O/c1-3-12-25(13-4-1)28-23-34-33(22-27-16-11-21-35-38(27)40(34)36(24-28)41-35)39-31-19-9-7-17-29(31)37(26-14-5-2-6-15-26)30-18-8-10-20-32(30)39/h1-24H. The molecule has 1 aromatic heterocycles. The van der Waals surface area contributed by atoms with E-state index in [1.807, 2.05) is 0 Å². The van der Waals surface area contributed by atoms with Crippen molar-refractivity contribution in [1.29, 1.82) is 0 Å². The van der Waals surface area contributed by atoms with E-state index in [0.29, 0.717) is 0 Å². The number of hydrogen-bond donors (Lipinski definition) is 0. The molecule has 0 radical (unpaired) electrons. The number of benzene rings is 8. The summed E-state index contributed by atoms with van der Waals surface area (Å²) in [6.45, 7) is 0. The Hall–Kier alpha value is -5.40. The molecule has 0 aliphatic carbocycles. The van der Waals surface area contributed by atoms with Crippen LogP contribution in [-0.4, -0.2) is 0 Å². The van der Waals surface area contributed by atoms with E-state index in [2.05, 4.69) is 146 Å². The Morgan fingerprint density at radius 2 is 0.927 bits per heavy atom. The van der Waals surface area contributed by atoms with Crippen molar-refractivity contribution in [3.05, 3.63) is 146 Å². The lowest BCUT2D eigenvalue weighted by Crippen LogP contribution is -1.92. The van der Waals surface area contributed by atoms with Gasteiger partial charge in [-0.3, -0.25) is 0 Å². The van der Waals surface area contributed by atoms with E-state index in [1.165, 1.54) is 70.9 Å². The van der Waals surface area contributed by atoms with Crippen molar-refractivity contribution in [2.24, 2.45) is 0 Å². The first-order valence-corrected chi connectivity index (χ1v) is 14.1. The summed E-state index contributed by atoms with van der Waals surface area (Å²) in [7, 11) is 0. The Morgan fingerprint density at radius 3 is 1.59 bits per heavy atom. The molecule has 0 unspecified atom stereocenters. The normalized spacial score (nSPS) is 11.9. The molecule has 9 aromatic rings. The largest absolute Gasteiger partial charge is 0.456 e. The van der Waals surface area contributed by atoms with E-state index >= 15 is 0 Å². The van der Waals surface area contributed by atoms with Gasteiger partial charge in [0.25, 0.3) is 0 Å². The van der Waals surface area contributed by atoms with Crippen molar-refractivity contribution >= 4 is 54.3 Å². The average Bonchev–Trinajstić information content (AvgIpc) is 3.43. The van der Waals surface area contributed by atoms with E-state index in [0.717, 1.165) is 16.7 Å². The molecule has 8 aromatic carbocycles. The molecule has 0 bridgehead atoms. The number of fused-ring (bicyclic) bond motifs is 2. The zero-order chi connectivity index (χ0) is 26.9. The number of furan rings is 1. The van der Waals surface area contributed by atoms with E-state index in [-0.39, 0.29) is 0 Å². The molecule has 0 N–H and O–H groups in total. The van der Waals surface area contributed by atoms with E-state index < -0.39 is 0 Å². The van der Waals surface area contributed by atoms with Gasteiger partial charge in [0.15, 0.2) is 0 Å². The molecule has 0 aliphatic heterocycles. The second-order valence-electron chi connectivity index (χ2n) is 10.9. The van der Waals surface area contributed by atoms with Gasteiger partial charge in [-0.25, -0.2) is 0 Å². The molecule has 0 spiro atoms. The van der Waals surface area contributed by atoms with Crippen LogP contribution in [-0.2, 0) is 0 Å². The summed E-state index contributed by atoms with van der Waals surface area (Å²) in [6, 6.07) is 52.5. The lowest BCUT2D eigenvalue weighted by molar-refractivity contribution is 0.669. The molecule has 1 nitrogen and oxygen atoms in total. The summed E-state index contributed by atoms with van der Waals surface area (Å²) in [5, 5.41) is 9.88. The maximum Gasteiger partial charge on any atom is 0.136 e. The second kappa shape index (κ2) is 8.55. The monoisotopic (exact) mass is 520 g/mol. The highest BCUT2D eigenvalue weighted by Gasteiger charge is 2.22. The van der Waals surface area contributed by atoms with Gasteiger partial charge in [-0.15, -0.1) is 0 Å². The lowest BCUT2D eigenvalue weighted by Gasteiger charge is -2.19. The molecule has 0 saturated heterocycles. The summed E-state index contributed by atoms with van der Waals surface area (Å²) in [6.07, 6.45) is 0. The van der Waals surface area contributed by atoms with Crippen LogP contribution in [0.3, 0.4) is 0 Å². The van der Waals surface area contributed by atoms with Gasteiger partial charge in [-0.05, 0) is 90.0 Å². The van der Waals surface area contributed by atoms with Crippen molar-refractivity contribution in [3.8, 4) is 33.4 Å². The molecule has 0 saturated carbocycles. The smallest absolute Gasteiger partial charge is 0.136 e. The van der Waals surface area contributed by atoms with Crippen LogP contribution in [0.25, 0.3) is 87.6 Å². The van der Waals surface area contributed by atoms with Gasteiger partial charge in [-0.2, -0.15) is 0 Å². The van der Waals surface area contributed by atoms with Crippen LogP contribution in [0.15, 0.2) is 150 Å². The average molecular weight is 521 g/mol. The predicted molar refractivity (Wildman–Crippen MR) is 174 cm³/mol. The first-order valence-electron chi connectivity index (χ1n) is 14.1. The van der Waals surface area contributed by atoms with Crippen molar-refractivity contribution in [2.75, 3.05) is 0 Å². The fourth-order valence-electron chi connectivity index (χ4n) is 6.88. The SMILES string of the molecule is c1ccc(-c2cc3oc4cccc5cc(-c6c7ccccc7c(-c7ccccc7)c7ccccc67)c(c2)c3c54)cc1. The van der Waals surface area contributed by atoms with Gasteiger partial charge in [0.2, 0.25) is 0 Å². The van der Waals surface area contributed by atoms with E-state index in [4.69, 9.17) is 4.42 Å². The Bertz CT molecular complexity index is 2340. The van der Waals surface area contributed by atoms with Crippen molar-refractivity contribution in [2.45, 2.75) is 0 Å². The fraction of sp³-hybridized carbons (Fsp3) is 0. The van der Waals surface area contributed by atoms with Crippen LogP contribution in [0.5, 0.6) is 0 Å². The van der Waals surface area contributed by atoms with Crippen LogP contribution >= 0.6 is 0 Å². The topological polar surface area (TPSA) is 13.1 Å². The maximum absolute atomic E-state index is 6.52. The van der Waals surface area contributed by atoms with Gasteiger partial charge in [0, 0.05) is 10.8 Å². The Labute approximate surface area is 237 Å². The first-order chi connectivity index (χ1) is 20.3. The summed E-state index contributed by atoms with van der Waals surface area (Å²) in [5.74, 6) is 0. The third-order valence-electron chi connectivity index (χ3n) is 8.59. The Balaban J connectivity index is 1.49. The van der Waals surface area contributed by atoms with Crippen LogP contribution in [0.2, 0.25) is 0 Å². The highest BCUT2D eigenvalue weighted by atomic mass is 16.3. The minimum Gasteiger partial charge on any atom is -0.456 e.